The van der Waals surface area contributed by atoms with E-state index in [9.17, 15) is 45.1 Å². The fraction of sp³-hybridized carbons (Fsp3) is 0.929. The Morgan fingerprint density at radius 1 is 1.02 bits per heavy atom. The van der Waals surface area contributed by atoms with Crippen LogP contribution in [0, 0.1) is 46.3 Å². The van der Waals surface area contributed by atoms with Crippen LogP contribution >= 0.6 is 0 Å². The summed E-state index contributed by atoms with van der Waals surface area (Å²) in [5, 5.41) is 5.67. The molecule has 0 heterocycles. The molecular formula is C28H41F5O8S. The highest BCUT2D eigenvalue weighted by Gasteiger charge is 2.66. The summed E-state index contributed by atoms with van der Waals surface area (Å²) in [6, 6.07) is 0. The van der Waals surface area contributed by atoms with Gasteiger partial charge in [0, 0.05) is 6.42 Å². The van der Waals surface area contributed by atoms with Crippen LogP contribution in [0.25, 0.3) is 0 Å². The Labute approximate surface area is 242 Å². The molecule has 11 atom stereocenters. The Hall–Kier alpha value is -1.54. The standard InChI is InChI=1S/C28H41F5O8S/c1-15(4-7-22(36)41-24(27(29,30)31)28(32,33)42(37,38)39)18-5-6-19-23-20(9-11-26(18,19)3)25(2)10-8-17(40-14-34)12-16(25)13-21(23)35/h14-21,23-24,35H,4-13H2,1-3H3,(H,37,38,39)/t15-,16?,17-,18-,19+,20+,21-,23+,24?,25+,26-/m1/s1. The van der Waals surface area contributed by atoms with Gasteiger partial charge in [0.25, 0.3) is 12.6 Å². The fourth-order valence-electron chi connectivity index (χ4n) is 9.56. The summed E-state index contributed by atoms with van der Waals surface area (Å²) in [5.74, 6) is -0.922. The summed E-state index contributed by atoms with van der Waals surface area (Å²) in [6.45, 7) is 6.81. The normalized spacial score (nSPS) is 40.2. The number of ether oxygens (including phenoxy) is 2. The van der Waals surface area contributed by atoms with Crippen molar-refractivity contribution in [1.82, 2.24) is 0 Å². The van der Waals surface area contributed by atoms with Crippen LogP contribution in [0.2, 0.25) is 0 Å². The fourth-order valence-corrected chi connectivity index (χ4v) is 10.0. The third-order valence-corrected chi connectivity index (χ3v) is 12.5. The van der Waals surface area contributed by atoms with E-state index in [1.54, 1.807) is 0 Å². The molecule has 4 saturated carbocycles. The Morgan fingerprint density at radius 2 is 1.64 bits per heavy atom. The summed E-state index contributed by atoms with van der Waals surface area (Å²) in [6.07, 6.45) is -5.03. The van der Waals surface area contributed by atoms with Crippen molar-refractivity contribution >= 4 is 22.6 Å². The Balaban J connectivity index is 1.42. The molecule has 0 saturated heterocycles. The molecule has 242 valence electrons. The first-order valence-corrected chi connectivity index (χ1v) is 16.1. The van der Waals surface area contributed by atoms with Gasteiger partial charge in [0.2, 0.25) is 0 Å². The number of carbonyl (C=O) groups excluding carboxylic acids is 2. The van der Waals surface area contributed by atoms with Gasteiger partial charge in [-0.1, -0.05) is 20.8 Å². The quantitative estimate of drug-likeness (QED) is 0.147. The number of aliphatic hydroxyl groups is 1. The van der Waals surface area contributed by atoms with Crippen LogP contribution in [0.5, 0.6) is 0 Å². The number of halogens is 5. The maximum absolute atomic E-state index is 13.8. The van der Waals surface area contributed by atoms with E-state index in [0.29, 0.717) is 18.8 Å². The van der Waals surface area contributed by atoms with Crippen LogP contribution in [0.15, 0.2) is 0 Å². The van der Waals surface area contributed by atoms with Crippen molar-refractivity contribution in [2.24, 2.45) is 46.3 Å². The zero-order chi connectivity index (χ0) is 31.5. The lowest BCUT2D eigenvalue weighted by Gasteiger charge is -2.62. The van der Waals surface area contributed by atoms with Gasteiger partial charge in [0.15, 0.2) is 0 Å². The van der Waals surface area contributed by atoms with Crippen LogP contribution in [-0.2, 0) is 29.2 Å². The first-order valence-electron chi connectivity index (χ1n) is 14.7. The van der Waals surface area contributed by atoms with E-state index in [1.165, 1.54) is 0 Å². The number of hydrogen-bond donors (Lipinski definition) is 2. The lowest BCUT2D eigenvalue weighted by molar-refractivity contribution is -0.259. The number of aliphatic hydroxyl groups excluding tert-OH is 1. The van der Waals surface area contributed by atoms with Crippen molar-refractivity contribution in [2.75, 3.05) is 0 Å². The molecule has 0 aromatic rings. The minimum atomic E-state index is -6.50. The second-order valence-corrected chi connectivity index (χ2v) is 15.1. The number of hydrogen-bond acceptors (Lipinski definition) is 7. The van der Waals surface area contributed by atoms with Crippen LogP contribution in [0.3, 0.4) is 0 Å². The number of rotatable bonds is 9. The summed E-state index contributed by atoms with van der Waals surface area (Å²) in [5.41, 5.74) is -0.181. The van der Waals surface area contributed by atoms with Crippen molar-refractivity contribution in [2.45, 2.75) is 115 Å². The highest BCUT2D eigenvalue weighted by atomic mass is 32.2. The molecule has 0 spiro atoms. The molecule has 0 aromatic heterocycles. The average Bonchev–Trinajstić information content (AvgIpc) is 3.22. The van der Waals surface area contributed by atoms with E-state index in [-0.39, 0.29) is 52.9 Å². The van der Waals surface area contributed by atoms with E-state index in [2.05, 4.69) is 18.6 Å². The molecule has 2 unspecified atom stereocenters. The minimum absolute atomic E-state index is 0.0145. The van der Waals surface area contributed by atoms with Gasteiger partial charge in [-0.3, -0.25) is 14.1 Å². The van der Waals surface area contributed by atoms with E-state index < -0.39 is 46.1 Å². The molecule has 4 rings (SSSR count). The maximum Gasteiger partial charge on any atom is 0.432 e. The van der Waals surface area contributed by atoms with Crippen molar-refractivity contribution in [1.29, 1.82) is 0 Å². The predicted molar refractivity (Wildman–Crippen MR) is 138 cm³/mol. The molecule has 8 nitrogen and oxygen atoms in total. The SMILES string of the molecule is C[C@H](CCC(=O)OC(C(F)(F)F)C(F)(F)S(=O)(=O)O)[C@H]1CC[C@H]2[C@@H]3[C@H](O)CC4C[C@H](OC=O)CC[C@]4(C)[C@H]3CC[C@]12C. The van der Waals surface area contributed by atoms with Gasteiger partial charge in [0.1, 0.15) is 6.10 Å². The summed E-state index contributed by atoms with van der Waals surface area (Å²) in [4.78, 5) is 23.1. The highest BCUT2D eigenvalue weighted by Crippen LogP contribution is 2.68. The molecule has 0 amide bonds. The van der Waals surface area contributed by atoms with Crippen molar-refractivity contribution in [3.05, 3.63) is 0 Å². The van der Waals surface area contributed by atoms with Crippen molar-refractivity contribution in [3.63, 3.8) is 0 Å². The van der Waals surface area contributed by atoms with Crippen LogP contribution in [0.4, 0.5) is 22.0 Å². The average molecular weight is 633 g/mol. The molecule has 4 fully saturated rings. The lowest BCUT2D eigenvalue weighted by atomic mass is 9.43. The van der Waals surface area contributed by atoms with Crippen LogP contribution < -0.4 is 0 Å². The number of carbonyl (C=O) groups is 2. The third-order valence-electron chi connectivity index (χ3n) is 11.6. The Bertz CT molecular complexity index is 1130. The van der Waals surface area contributed by atoms with Gasteiger partial charge in [-0.2, -0.15) is 30.4 Å². The summed E-state index contributed by atoms with van der Waals surface area (Å²) >= 11 is 0. The van der Waals surface area contributed by atoms with Gasteiger partial charge in [0.05, 0.1) is 6.10 Å². The molecular weight excluding hydrogens is 591 g/mol. The van der Waals surface area contributed by atoms with Crippen molar-refractivity contribution in [3.8, 4) is 0 Å². The topological polar surface area (TPSA) is 127 Å². The zero-order valence-corrected chi connectivity index (χ0v) is 24.8. The summed E-state index contributed by atoms with van der Waals surface area (Å²) < 4.78 is 107. The second-order valence-electron chi connectivity index (χ2n) is 13.6. The van der Waals surface area contributed by atoms with Crippen molar-refractivity contribution < 1.29 is 59.1 Å². The van der Waals surface area contributed by atoms with E-state index in [4.69, 9.17) is 9.29 Å². The Morgan fingerprint density at radius 3 is 2.24 bits per heavy atom. The zero-order valence-electron chi connectivity index (χ0n) is 24.0. The van der Waals surface area contributed by atoms with E-state index >= 15 is 0 Å². The number of esters is 1. The predicted octanol–water partition coefficient (Wildman–Crippen LogP) is 5.53. The molecule has 0 aromatic carbocycles. The molecule has 0 bridgehead atoms. The molecule has 4 aliphatic rings. The molecule has 4 aliphatic carbocycles. The molecule has 42 heavy (non-hydrogen) atoms. The van der Waals surface area contributed by atoms with E-state index in [0.717, 1.165) is 44.9 Å². The first kappa shape index (κ1) is 33.4. The summed E-state index contributed by atoms with van der Waals surface area (Å²) in [7, 11) is -6.50. The highest BCUT2D eigenvalue weighted by molar-refractivity contribution is 7.86. The third kappa shape index (κ3) is 5.80. The largest absolute Gasteiger partial charge is 0.465 e. The van der Waals surface area contributed by atoms with Gasteiger partial charge in [-0.15, -0.1) is 0 Å². The second kappa shape index (κ2) is 11.4. The van der Waals surface area contributed by atoms with Crippen LogP contribution in [-0.4, -0.2) is 60.3 Å². The lowest BCUT2D eigenvalue weighted by Crippen LogP contribution is -2.58. The minimum Gasteiger partial charge on any atom is -0.465 e. The smallest absolute Gasteiger partial charge is 0.432 e. The van der Waals surface area contributed by atoms with E-state index in [1.807, 2.05) is 6.92 Å². The molecule has 14 heteroatoms. The monoisotopic (exact) mass is 632 g/mol. The van der Waals surface area contributed by atoms with Gasteiger partial charge >= 0.3 is 27.5 Å². The maximum atomic E-state index is 13.8. The molecule has 2 N–H and O–H groups in total. The van der Waals surface area contributed by atoms with Crippen LogP contribution in [0.1, 0.15) is 85.0 Å². The van der Waals surface area contributed by atoms with Gasteiger partial charge in [-0.05, 0) is 104 Å². The first-order chi connectivity index (χ1) is 19.3. The molecule has 0 aliphatic heterocycles. The number of alkyl halides is 5. The molecule has 0 radical (unpaired) electrons. The Kier molecular flexibility index (Phi) is 9.08. The van der Waals surface area contributed by atoms with Gasteiger partial charge in [-0.25, -0.2) is 0 Å². The number of fused-ring (bicyclic) bond motifs is 5. The van der Waals surface area contributed by atoms with Gasteiger partial charge < -0.3 is 14.6 Å².